The highest BCUT2D eigenvalue weighted by atomic mass is 16.6. The Hall–Kier alpha value is -1.82. The number of hydrogen-bond acceptors (Lipinski definition) is 5. The lowest BCUT2D eigenvalue weighted by atomic mass is 10.1. The quantitative estimate of drug-likeness (QED) is 0.568. The fraction of sp³-hybridized carbons (Fsp3) is 0.333. The van der Waals surface area contributed by atoms with Crippen molar-refractivity contribution in [2.75, 3.05) is 13.7 Å². The summed E-state index contributed by atoms with van der Waals surface area (Å²) in [6.07, 6.45) is 0.498. The van der Waals surface area contributed by atoms with Crippen molar-refractivity contribution >= 4 is 5.69 Å². The number of nitro benzene ring substituents is 1. The van der Waals surface area contributed by atoms with Gasteiger partial charge in [-0.2, -0.15) is 0 Å². The summed E-state index contributed by atoms with van der Waals surface area (Å²) in [4.78, 5) is 9.95. The van der Waals surface area contributed by atoms with Gasteiger partial charge in [-0.3, -0.25) is 10.1 Å². The van der Waals surface area contributed by atoms with E-state index in [2.05, 4.69) is 0 Å². The van der Waals surface area contributed by atoms with Crippen LogP contribution in [0.25, 0.3) is 0 Å². The van der Waals surface area contributed by atoms with Crippen molar-refractivity contribution in [3.63, 3.8) is 0 Å². The number of hydrogen-bond donors (Lipinski definition) is 2. The van der Waals surface area contributed by atoms with Gasteiger partial charge in [-0.05, 0) is 24.6 Å². The van der Waals surface area contributed by atoms with Gasteiger partial charge in [-0.15, -0.1) is 0 Å². The summed E-state index contributed by atoms with van der Waals surface area (Å²) < 4.78 is 4.83. The van der Waals surface area contributed by atoms with Gasteiger partial charge in [0.05, 0.1) is 12.0 Å². The molecule has 0 atom stereocenters. The van der Waals surface area contributed by atoms with Gasteiger partial charge in [0.2, 0.25) is 5.75 Å². The van der Waals surface area contributed by atoms with Gasteiger partial charge in [0.25, 0.3) is 0 Å². The minimum Gasteiger partial charge on any atom is -0.500 e. The second-order valence-corrected chi connectivity index (χ2v) is 2.96. The summed E-state index contributed by atoms with van der Waals surface area (Å²) in [5.41, 5.74) is 5.65. The van der Waals surface area contributed by atoms with Crippen molar-refractivity contribution in [2.45, 2.75) is 6.42 Å². The van der Waals surface area contributed by atoms with E-state index in [1.54, 1.807) is 0 Å². The number of nitrogens with zero attached hydrogens (tertiary/aromatic N) is 1. The van der Waals surface area contributed by atoms with Crippen LogP contribution in [-0.4, -0.2) is 23.7 Å². The monoisotopic (exact) mass is 212 g/mol. The highest BCUT2D eigenvalue weighted by molar-refractivity contribution is 5.57. The molecule has 0 fully saturated rings. The molecule has 0 aliphatic rings. The zero-order chi connectivity index (χ0) is 11.4. The Morgan fingerprint density at radius 2 is 2.27 bits per heavy atom. The highest BCUT2D eigenvalue weighted by Crippen LogP contribution is 2.36. The summed E-state index contributed by atoms with van der Waals surface area (Å²) in [7, 11) is 1.34. The maximum Gasteiger partial charge on any atom is 0.314 e. The topological polar surface area (TPSA) is 98.6 Å². The number of nitro groups is 1. The van der Waals surface area contributed by atoms with E-state index in [4.69, 9.17) is 10.5 Å². The Balaban J connectivity index is 3.25. The molecular weight excluding hydrogens is 200 g/mol. The highest BCUT2D eigenvalue weighted by Gasteiger charge is 2.19. The van der Waals surface area contributed by atoms with Crippen molar-refractivity contribution in [1.82, 2.24) is 0 Å². The Labute approximate surface area is 86.4 Å². The van der Waals surface area contributed by atoms with Crippen molar-refractivity contribution in [2.24, 2.45) is 5.73 Å². The van der Waals surface area contributed by atoms with Crippen LogP contribution in [0.1, 0.15) is 5.56 Å². The van der Waals surface area contributed by atoms with Crippen molar-refractivity contribution < 1.29 is 14.8 Å². The van der Waals surface area contributed by atoms with Gasteiger partial charge in [0.1, 0.15) is 0 Å². The van der Waals surface area contributed by atoms with Crippen molar-refractivity contribution in [3.05, 3.63) is 27.8 Å². The predicted molar refractivity (Wildman–Crippen MR) is 54.1 cm³/mol. The second kappa shape index (κ2) is 4.61. The van der Waals surface area contributed by atoms with Crippen LogP contribution in [0.2, 0.25) is 0 Å². The molecule has 0 spiro atoms. The van der Waals surface area contributed by atoms with E-state index in [1.807, 2.05) is 0 Å². The summed E-state index contributed by atoms with van der Waals surface area (Å²) in [6.45, 7) is 0.380. The third-order valence-corrected chi connectivity index (χ3v) is 1.96. The molecule has 0 amide bonds. The number of phenolic OH excluding ortho intramolecular Hbond substituents is 1. The number of benzene rings is 1. The van der Waals surface area contributed by atoms with Crippen LogP contribution in [0.3, 0.4) is 0 Å². The lowest BCUT2D eigenvalue weighted by Crippen LogP contribution is -2.03. The first-order valence-corrected chi connectivity index (χ1v) is 4.34. The SMILES string of the molecule is COc1cc(CCN)cc([N+](=O)[O-])c1O. The van der Waals surface area contributed by atoms with Crippen LogP contribution >= 0.6 is 0 Å². The molecule has 15 heavy (non-hydrogen) atoms. The number of methoxy groups -OCH3 is 1. The molecule has 1 rings (SSSR count). The summed E-state index contributed by atoms with van der Waals surface area (Å²) >= 11 is 0. The third-order valence-electron chi connectivity index (χ3n) is 1.96. The van der Waals surface area contributed by atoms with Gasteiger partial charge in [0.15, 0.2) is 5.75 Å². The van der Waals surface area contributed by atoms with Crippen LogP contribution in [0.4, 0.5) is 5.69 Å². The normalized spacial score (nSPS) is 10.0. The minimum atomic E-state index is -0.655. The lowest BCUT2D eigenvalue weighted by Gasteiger charge is -2.06. The van der Waals surface area contributed by atoms with Crippen LogP contribution in [0, 0.1) is 10.1 Å². The molecule has 82 valence electrons. The number of ether oxygens (including phenoxy) is 1. The summed E-state index contributed by atoms with van der Waals surface area (Å²) in [5.74, 6) is -0.365. The lowest BCUT2D eigenvalue weighted by molar-refractivity contribution is -0.386. The van der Waals surface area contributed by atoms with E-state index in [1.165, 1.54) is 19.2 Å². The first kappa shape index (κ1) is 11.3. The van der Waals surface area contributed by atoms with Crippen molar-refractivity contribution in [1.29, 1.82) is 0 Å². The van der Waals surface area contributed by atoms with Crippen LogP contribution in [-0.2, 0) is 6.42 Å². The average Bonchev–Trinajstić information content (AvgIpc) is 2.20. The van der Waals surface area contributed by atoms with Crippen LogP contribution in [0.15, 0.2) is 12.1 Å². The fourth-order valence-corrected chi connectivity index (χ4v) is 1.25. The predicted octanol–water partition coefficient (Wildman–Crippen LogP) is 0.810. The Morgan fingerprint density at radius 1 is 1.60 bits per heavy atom. The average molecular weight is 212 g/mol. The minimum absolute atomic E-state index is 0.0904. The van der Waals surface area contributed by atoms with Gasteiger partial charge >= 0.3 is 5.69 Å². The first-order valence-electron chi connectivity index (χ1n) is 4.34. The number of aromatic hydroxyl groups is 1. The number of phenols is 1. The summed E-state index contributed by atoms with van der Waals surface area (Å²) in [5, 5.41) is 20.1. The molecule has 0 aromatic heterocycles. The van der Waals surface area contributed by atoms with Gasteiger partial charge in [-0.25, -0.2) is 0 Å². The third kappa shape index (κ3) is 2.35. The molecule has 1 aromatic rings. The second-order valence-electron chi connectivity index (χ2n) is 2.96. The molecule has 0 aliphatic carbocycles. The molecule has 0 bridgehead atoms. The van der Waals surface area contributed by atoms with Crippen LogP contribution < -0.4 is 10.5 Å². The van der Waals surface area contributed by atoms with Crippen LogP contribution in [0.5, 0.6) is 11.5 Å². The van der Waals surface area contributed by atoms with E-state index in [-0.39, 0.29) is 11.4 Å². The maximum absolute atomic E-state index is 10.6. The van der Waals surface area contributed by atoms with Gasteiger partial charge < -0.3 is 15.6 Å². The van der Waals surface area contributed by atoms with E-state index >= 15 is 0 Å². The Kier molecular flexibility index (Phi) is 3.46. The molecule has 6 nitrogen and oxygen atoms in total. The maximum atomic E-state index is 10.6. The van der Waals surface area contributed by atoms with E-state index in [0.717, 1.165) is 0 Å². The number of rotatable bonds is 4. The molecule has 0 heterocycles. The van der Waals surface area contributed by atoms with E-state index < -0.39 is 10.7 Å². The molecule has 0 saturated carbocycles. The molecule has 1 aromatic carbocycles. The molecule has 0 aliphatic heterocycles. The zero-order valence-electron chi connectivity index (χ0n) is 8.27. The molecule has 6 heteroatoms. The van der Waals surface area contributed by atoms with E-state index in [0.29, 0.717) is 18.5 Å². The molecule has 0 saturated heterocycles. The molecule has 0 unspecified atom stereocenters. The van der Waals surface area contributed by atoms with Gasteiger partial charge in [-0.1, -0.05) is 0 Å². The molecule has 0 radical (unpaired) electrons. The van der Waals surface area contributed by atoms with Crippen molar-refractivity contribution in [3.8, 4) is 11.5 Å². The smallest absolute Gasteiger partial charge is 0.314 e. The Morgan fingerprint density at radius 3 is 2.73 bits per heavy atom. The summed E-state index contributed by atoms with van der Waals surface area (Å²) in [6, 6.07) is 2.83. The zero-order valence-corrected chi connectivity index (χ0v) is 8.27. The van der Waals surface area contributed by atoms with Gasteiger partial charge in [0, 0.05) is 6.07 Å². The molecular formula is C9H12N2O4. The standard InChI is InChI=1S/C9H12N2O4/c1-15-8-5-6(2-3-10)4-7(9(8)12)11(13)14/h4-5,12H,2-3,10H2,1H3. The van der Waals surface area contributed by atoms with E-state index in [9.17, 15) is 15.2 Å². The Bertz CT molecular complexity index is 379. The molecule has 3 N–H and O–H groups in total. The largest absolute Gasteiger partial charge is 0.500 e. The first-order chi connectivity index (χ1) is 7.10. The fourth-order valence-electron chi connectivity index (χ4n) is 1.25. The number of nitrogens with two attached hydrogens (primary N) is 1.